The first-order chi connectivity index (χ1) is 13.4. The summed E-state index contributed by atoms with van der Waals surface area (Å²) in [6.45, 7) is 4.56. The van der Waals surface area contributed by atoms with Gasteiger partial charge in [-0.05, 0) is 49.1 Å². The van der Waals surface area contributed by atoms with Crippen molar-refractivity contribution in [1.82, 2.24) is 4.72 Å². The van der Waals surface area contributed by atoms with Crippen LogP contribution in [0.15, 0.2) is 58.4 Å². The molecule has 0 fully saturated rings. The predicted molar refractivity (Wildman–Crippen MR) is 111 cm³/mol. The molecule has 2 N–H and O–H groups in total. The lowest BCUT2D eigenvalue weighted by molar-refractivity contribution is -0.117. The average Bonchev–Trinajstić information content (AvgIpc) is 3.20. The van der Waals surface area contributed by atoms with Crippen LogP contribution < -0.4 is 10.0 Å². The summed E-state index contributed by atoms with van der Waals surface area (Å²) in [5, 5.41) is 2.81. The zero-order valence-electron chi connectivity index (χ0n) is 16.1. The Kier molecular flexibility index (Phi) is 6.14. The number of hydrogen-bond acceptors (Lipinski definition) is 4. The highest BCUT2D eigenvalue weighted by molar-refractivity contribution is 7.90. The predicted octanol–water partition coefficient (Wildman–Crippen LogP) is 3.46. The second-order valence-corrected chi connectivity index (χ2v) is 8.55. The first-order valence-electron chi connectivity index (χ1n) is 9.45. The Morgan fingerprint density at radius 1 is 1.18 bits per heavy atom. The second kappa shape index (κ2) is 8.56. The zero-order valence-corrected chi connectivity index (χ0v) is 16.9. The van der Waals surface area contributed by atoms with Crippen molar-refractivity contribution in [1.29, 1.82) is 0 Å². The normalized spacial score (nSPS) is 15.0. The summed E-state index contributed by atoms with van der Waals surface area (Å²) in [5.74, 6) is -0.0531. The van der Waals surface area contributed by atoms with Crippen LogP contribution in [-0.4, -0.2) is 26.7 Å². The van der Waals surface area contributed by atoms with Crippen LogP contribution in [0.2, 0.25) is 0 Å². The van der Waals surface area contributed by atoms with Gasteiger partial charge in [0, 0.05) is 18.7 Å². The lowest BCUT2D eigenvalue weighted by Gasteiger charge is -2.14. The Bertz CT molecular complexity index is 982. The van der Waals surface area contributed by atoms with Gasteiger partial charge in [0.1, 0.15) is 5.84 Å². The van der Waals surface area contributed by atoms with Gasteiger partial charge >= 0.3 is 0 Å². The molecule has 0 saturated carbocycles. The molecule has 0 bridgehead atoms. The largest absolute Gasteiger partial charge is 0.326 e. The number of hydrogen-bond donors (Lipinski definition) is 2. The van der Waals surface area contributed by atoms with E-state index in [1.165, 1.54) is 17.7 Å². The summed E-state index contributed by atoms with van der Waals surface area (Å²) < 4.78 is 27.6. The maximum Gasteiger partial charge on any atom is 0.262 e. The standard InChI is InChI=1S/C21H25N3O3S/c1-3-16-9-11-17(12-10-16)15(2)21(25)23-18-6-4-7-19(14-18)28(26,27)24-20-8-5-13-22-20/h4,6-7,9-12,14-15H,3,5,8,13H2,1-2H3,(H,22,24)(H,23,25). The van der Waals surface area contributed by atoms with Crippen LogP contribution in [0, 0.1) is 0 Å². The van der Waals surface area contributed by atoms with Crippen LogP contribution in [0.4, 0.5) is 5.69 Å². The third kappa shape index (κ3) is 4.78. The Balaban J connectivity index is 1.71. The fraction of sp³-hybridized carbons (Fsp3) is 0.333. The van der Waals surface area contributed by atoms with Crippen LogP contribution in [0.1, 0.15) is 43.7 Å². The molecular formula is C21H25N3O3S. The fourth-order valence-corrected chi connectivity index (χ4v) is 4.16. The van der Waals surface area contributed by atoms with Gasteiger partial charge in [-0.3, -0.25) is 14.5 Å². The molecule has 0 aromatic heterocycles. The maximum atomic E-state index is 12.6. The number of nitrogens with one attached hydrogen (secondary N) is 2. The van der Waals surface area contributed by atoms with E-state index in [0.717, 1.165) is 18.4 Å². The summed E-state index contributed by atoms with van der Waals surface area (Å²) in [6.07, 6.45) is 2.43. The maximum absolute atomic E-state index is 12.6. The van der Waals surface area contributed by atoms with Gasteiger partial charge in [0.15, 0.2) is 0 Å². The van der Waals surface area contributed by atoms with Gasteiger partial charge in [-0.2, -0.15) is 0 Å². The zero-order chi connectivity index (χ0) is 20.1. The lowest BCUT2D eigenvalue weighted by Crippen LogP contribution is -2.29. The van der Waals surface area contributed by atoms with Crippen molar-refractivity contribution in [3.05, 3.63) is 59.7 Å². The molecular weight excluding hydrogens is 374 g/mol. The van der Waals surface area contributed by atoms with E-state index < -0.39 is 10.0 Å². The minimum Gasteiger partial charge on any atom is -0.326 e. The van der Waals surface area contributed by atoms with Crippen molar-refractivity contribution in [2.75, 3.05) is 11.9 Å². The Labute approximate surface area is 166 Å². The van der Waals surface area contributed by atoms with E-state index in [9.17, 15) is 13.2 Å². The molecule has 1 unspecified atom stereocenters. The number of amides is 1. The van der Waals surface area contributed by atoms with Crippen molar-refractivity contribution in [2.24, 2.45) is 4.99 Å². The summed E-state index contributed by atoms with van der Waals surface area (Å²) >= 11 is 0. The average molecular weight is 400 g/mol. The fourth-order valence-electron chi connectivity index (χ4n) is 3.02. The lowest BCUT2D eigenvalue weighted by atomic mass is 9.98. The number of carbonyl (C=O) groups excluding carboxylic acids is 1. The Hall–Kier alpha value is -2.67. The summed E-state index contributed by atoms with van der Waals surface area (Å²) in [5.41, 5.74) is 2.58. The molecule has 2 aromatic carbocycles. The van der Waals surface area contributed by atoms with Gasteiger partial charge in [-0.1, -0.05) is 37.3 Å². The van der Waals surface area contributed by atoms with Crippen molar-refractivity contribution in [3.8, 4) is 0 Å². The smallest absolute Gasteiger partial charge is 0.262 e. The number of aryl methyl sites for hydroxylation is 1. The molecule has 6 nitrogen and oxygen atoms in total. The molecule has 1 atom stereocenters. The van der Waals surface area contributed by atoms with E-state index >= 15 is 0 Å². The molecule has 0 aliphatic carbocycles. The monoisotopic (exact) mass is 399 g/mol. The molecule has 1 amide bonds. The van der Waals surface area contributed by atoms with Crippen LogP contribution in [-0.2, 0) is 21.2 Å². The van der Waals surface area contributed by atoms with E-state index in [1.54, 1.807) is 12.1 Å². The van der Waals surface area contributed by atoms with Crippen LogP contribution in [0.5, 0.6) is 0 Å². The van der Waals surface area contributed by atoms with Crippen molar-refractivity contribution in [3.63, 3.8) is 0 Å². The van der Waals surface area contributed by atoms with Crippen LogP contribution in [0.25, 0.3) is 0 Å². The SMILES string of the molecule is CCc1ccc(C(C)C(=O)Nc2cccc(S(=O)(=O)NC3=NCCC3)c2)cc1. The van der Waals surface area contributed by atoms with Gasteiger partial charge in [0.2, 0.25) is 5.91 Å². The minimum atomic E-state index is -3.71. The number of benzene rings is 2. The van der Waals surface area contributed by atoms with Crippen molar-refractivity contribution in [2.45, 2.75) is 43.9 Å². The molecule has 3 rings (SSSR count). The van der Waals surface area contributed by atoms with Crippen molar-refractivity contribution >= 4 is 27.5 Å². The van der Waals surface area contributed by atoms with E-state index in [0.29, 0.717) is 24.5 Å². The molecule has 148 valence electrons. The highest BCUT2D eigenvalue weighted by Gasteiger charge is 2.20. The quantitative estimate of drug-likeness (QED) is 0.780. The number of aliphatic imine (C=N–C) groups is 1. The number of carbonyl (C=O) groups is 1. The third-order valence-electron chi connectivity index (χ3n) is 4.82. The molecule has 1 aliphatic rings. The molecule has 7 heteroatoms. The summed E-state index contributed by atoms with van der Waals surface area (Å²) in [7, 11) is -3.71. The second-order valence-electron chi connectivity index (χ2n) is 6.87. The van der Waals surface area contributed by atoms with Gasteiger partial charge in [0.25, 0.3) is 10.0 Å². The summed E-state index contributed by atoms with van der Waals surface area (Å²) in [4.78, 5) is 16.9. The first kappa shape index (κ1) is 20.1. The molecule has 1 heterocycles. The Morgan fingerprint density at radius 3 is 2.57 bits per heavy atom. The van der Waals surface area contributed by atoms with Gasteiger partial charge in [-0.25, -0.2) is 8.42 Å². The molecule has 0 radical (unpaired) electrons. The van der Waals surface area contributed by atoms with Gasteiger partial charge in [-0.15, -0.1) is 0 Å². The van der Waals surface area contributed by atoms with E-state index in [2.05, 4.69) is 22.0 Å². The van der Waals surface area contributed by atoms with Crippen LogP contribution in [0.3, 0.4) is 0 Å². The molecule has 0 spiro atoms. The highest BCUT2D eigenvalue weighted by Crippen LogP contribution is 2.21. The topological polar surface area (TPSA) is 87.6 Å². The third-order valence-corrected chi connectivity index (χ3v) is 6.20. The summed E-state index contributed by atoms with van der Waals surface area (Å²) in [6, 6.07) is 14.2. The van der Waals surface area contributed by atoms with E-state index in [4.69, 9.17) is 0 Å². The van der Waals surface area contributed by atoms with Crippen molar-refractivity contribution < 1.29 is 13.2 Å². The number of anilines is 1. The van der Waals surface area contributed by atoms with E-state index in [-0.39, 0.29) is 16.7 Å². The number of rotatable bonds is 6. The first-order valence-corrected chi connectivity index (χ1v) is 10.9. The minimum absolute atomic E-state index is 0.0971. The number of sulfonamides is 1. The number of amidine groups is 1. The molecule has 0 saturated heterocycles. The van der Waals surface area contributed by atoms with Crippen LogP contribution >= 0.6 is 0 Å². The highest BCUT2D eigenvalue weighted by atomic mass is 32.2. The van der Waals surface area contributed by atoms with Gasteiger partial charge < -0.3 is 5.32 Å². The molecule has 1 aliphatic heterocycles. The molecule has 28 heavy (non-hydrogen) atoms. The molecule has 2 aromatic rings. The van der Waals surface area contributed by atoms with Gasteiger partial charge in [0.05, 0.1) is 10.8 Å². The van der Waals surface area contributed by atoms with E-state index in [1.807, 2.05) is 31.2 Å². The Morgan fingerprint density at radius 2 is 1.93 bits per heavy atom. The number of nitrogens with zero attached hydrogens (tertiary/aromatic N) is 1.